The molecule has 0 radical (unpaired) electrons. The lowest BCUT2D eigenvalue weighted by Crippen LogP contribution is -1.81. The maximum atomic E-state index is 4.83. The van der Waals surface area contributed by atoms with Crippen LogP contribution in [0.2, 0.25) is 0 Å². The first-order chi connectivity index (χ1) is 5.00. The normalized spacial score (nSPS) is 9.82. The van der Waals surface area contributed by atoms with Crippen molar-refractivity contribution in [2.75, 3.05) is 0 Å². The molecule has 0 aliphatic carbocycles. The summed E-state index contributed by atoms with van der Waals surface area (Å²) in [4.78, 5) is 0. The van der Waals surface area contributed by atoms with Crippen molar-refractivity contribution >= 4 is 46.4 Å². The van der Waals surface area contributed by atoms with Crippen LogP contribution in [0.15, 0.2) is 36.4 Å². The Morgan fingerprint density at radius 3 is 0.727 bits per heavy atom. The molecule has 0 saturated heterocycles. The van der Waals surface area contributed by atoms with Crippen LogP contribution in [0.3, 0.4) is 0 Å². The van der Waals surface area contributed by atoms with Gasteiger partial charge in [-0.25, -0.2) is 0 Å². The average molecular weight is 232 g/mol. The summed E-state index contributed by atoms with van der Waals surface area (Å²) in [5, 5.41) is 0. The number of hydrogen-bond donors (Lipinski definition) is 0. The molecule has 0 unspecified atom stereocenters. The molecule has 1 aromatic rings. The van der Waals surface area contributed by atoms with Crippen LogP contribution < -0.4 is 0 Å². The van der Waals surface area contributed by atoms with E-state index in [9.17, 15) is 0 Å². The molecular formula is C7H6Cl4. The van der Waals surface area contributed by atoms with Gasteiger partial charge in [0.1, 0.15) is 0 Å². The van der Waals surface area contributed by atoms with Gasteiger partial charge in [-0.2, -0.15) is 0 Å². The third-order valence-corrected chi connectivity index (χ3v) is 0.667. The Bertz CT molecular complexity index is 135. The Morgan fingerprint density at radius 1 is 0.545 bits per heavy atom. The molecule has 11 heavy (non-hydrogen) atoms. The van der Waals surface area contributed by atoms with E-state index in [1.165, 1.54) is 0 Å². The first-order valence-corrected chi connectivity index (χ1v) is 4.27. The van der Waals surface area contributed by atoms with E-state index >= 15 is 0 Å². The van der Waals surface area contributed by atoms with Gasteiger partial charge in [0.15, 0.2) is 0 Å². The number of rotatable bonds is 0. The second kappa shape index (κ2) is 5.96. The molecule has 0 nitrogen and oxygen atoms in total. The Labute approximate surface area is 86.0 Å². The SMILES string of the molecule is ClC(Cl)(Cl)Cl.c1ccccc1. The standard InChI is InChI=1S/C6H6.CCl4/c1-2-4-6-5-3-1;2-1(3,4)5/h1-6H;. The quantitative estimate of drug-likeness (QED) is 0.586. The highest BCUT2D eigenvalue weighted by atomic mass is 35.6. The van der Waals surface area contributed by atoms with Crippen LogP contribution in [-0.2, 0) is 0 Å². The molecule has 0 aliphatic heterocycles. The van der Waals surface area contributed by atoms with Gasteiger partial charge >= 0.3 is 0 Å². The predicted octanol–water partition coefficient (Wildman–Crippen LogP) is 4.24. The molecule has 0 amide bonds. The Hall–Kier alpha value is 0.380. The smallest absolute Gasteiger partial charge is 0.0664 e. The van der Waals surface area contributed by atoms with Crippen molar-refractivity contribution in [2.24, 2.45) is 0 Å². The zero-order valence-corrected chi connectivity index (χ0v) is 8.50. The summed E-state index contributed by atoms with van der Waals surface area (Å²) >= 11 is 19.3. The zero-order chi connectivity index (χ0) is 8.74. The fraction of sp³-hybridized carbons (Fsp3) is 0.143. The molecule has 0 atom stereocenters. The van der Waals surface area contributed by atoms with Gasteiger partial charge < -0.3 is 0 Å². The van der Waals surface area contributed by atoms with E-state index in [0.717, 1.165) is 0 Å². The largest absolute Gasteiger partial charge is 0.266 e. The van der Waals surface area contributed by atoms with Gasteiger partial charge in [0.05, 0.1) is 0 Å². The highest BCUT2D eigenvalue weighted by molar-refractivity contribution is 6.83. The molecule has 0 bridgehead atoms. The van der Waals surface area contributed by atoms with Crippen molar-refractivity contribution in [1.29, 1.82) is 0 Å². The maximum absolute atomic E-state index is 4.83. The summed E-state index contributed by atoms with van der Waals surface area (Å²) in [5.74, 6) is 0. The van der Waals surface area contributed by atoms with E-state index in [1.54, 1.807) is 0 Å². The summed E-state index contributed by atoms with van der Waals surface area (Å²) in [5.41, 5.74) is 0. The Kier molecular flexibility index (Phi) is 6.16. The fourth-order valence-corrected chi connectivity index (χ4v) is 0.385. The molecule has 0 spiro atoms. The average Bonchev–Trinajstić information content (AvgIpc) is 1.88. The molecular weight excluding hydrogens is 226 g/mol. The van der Waals surface area contributed by atoms with Crippen LogP contribution in [-0.4, -0.2) is 3.25 Å². The van der Waals surface area contributed by atoms with Crippen molar-refractivity contribution in [1.82, 2.24) is 0 Å². The third-order valence-electron chi connectivity index (χ3n) is 0.667. The lowest BCUT2D eigenvalue weighted by atomic mass is 10.4. The molecule has 0 saturated carbocycles. The van der Waals surface area contributed by atoms with Gasteiger partial charge in [-0.1, -0.05) is 82.8 Å². The second-order valence-electron chi connectivity index (χ2n) is 1.58. The minimum absolute atomic E-state index is 1.61. The lowest BCUT2D eigenvalue weighted by molar-refractivity contribution is 1.72. The van der Waals surface area contributed by atoms with E-state index in [2.05, 4.69) is 0 Å². The molecule has 0 aliphatic rings. The summed E-state index contributed by atoms with van der Waals surface area (Å²) in [6.45, 7) is 0. The molecule has 4 heteroatoms. The monoisotopic (exact) mass is 230 g/mol. The Morgan fingerprint density at radius 2 is 0.636 bits per heavy atom. The van der Waals surface area contributed by atoms with Crippen LogP contribution in [0.25, 0.3) is 0 Å². The molecule has 1 aromatic carbocycles. The van der Waals surface area contributed by atoms with Crippen molar-refractivity contribution in [2.45, 2.75) is 3.25 Å². The van der Waals surface area contributed by atoms with Crippen LogP contribution in [0, 0.1) is 0 Å². The molecule has 0 heterocycles. The number of halogens is 4. The van der Waals surface area contributed by atoms with E-state index in [1.807, 2.05) is 36.4 Å². The van der Waals surface area contributed by atoms with Crippen molar-refractivity contribution in [3.8, 4) is 0 Å². The van der Waals surface area contributed by atoms with Crippen LogP contribution in [0.4, 0.5) is 0 Å². The summed E-state index contributed by atoms with van der Waals surface area (Å²) in [6, 6.07) is 12.0. The second-order valence-corrected chi connectivity index (χ2v) is 5.01. The number of alkyl halides is 4. The topological polar surface area (TPSA) is 0 Å². The molecule has 1 rings (SSSR count). The van der Waals surface area contributed by atoms with Crippen LogP contribution in [0.5, 0.6) is 0 Å². The van der Waals surface area contributed by atoms with E-state index in [-0.39, 0.29) is 0 Å². The molecule has 62 valence electrons. The van der Waals surface area contributed by atoms with Crippen molar-refractivity contribution < 1.29 is 0 Å². The van der Waals surface area contributed by atoms with E-state index in [4.69, 9.17) is 46.4 Å². The first kappa shape index (κ1) is 11.4. The van der Waals surface area contributed by atoms with E-state index < -0.39 is 3.25 Å². The minimum atomic E-state index is -1.61. The van der Waals surface area contributed by atoms with Crippen molar-refractivity contribution in [3.63, 3.8) is 0 Å². The van der Waals surface area contributed by atoms with Gasteiger partial charge in [0, 0.05) is 0 Å². The third kappa shape index (κ3) is 17.9. The summed E-state index contributed by atoms with van der Waals surface area (Å²) in [7, 11) is 0. The number of benzene rings is 1. The van der Waals surface area contributed by atoms with Crippen LogP contribution in [0.1, 0.15) is 0 Å². The zero-order valence-electron chi connectivity index (χ0n) is 5.48. The van der Waals surface area contributed by atoms with Gasteiger partial charge in [-0.05, 0) is 0 Å². The molecule has 0 N–H and O–H groups in total. The highest BCUT2D eigenvalue weighted by Crippen LogP contribution is 2.29. The van der Waals surface area contributed by atoms with Crippen LogP contribution >= 0.6 is 46.4 Å². The van der Waals surface area contributed by atoms with Gasteiger partial charge in [-0.3, -0.25) is 0 Å². The van der Waals surface area contributed by atoms with Gasteiger partial charge in [-0.15, -0.1) is 0 Å². The fourth-order valence-electron chi connectivity index (χ4n) is 0.385. The van der Waals surface area contributed by atoms with E-state index in [0.29, 0.717) is 0 Å². The van der Waals surface area contributed by atoms with Gasteiger partial charge in [0.2, 0.25) is 0 Å². The van der Waals surface area contributed by atoms with Crippen molar-refractivity contribution in [3.05, 3.63) is 36.4 Å². The van der Waals surface area contributed by atoms with Gasteiger partial charge in [0.25, 0.3) is 3.25 Å². The minimum Gasteiger partial charge on any atom is -0.0664 e. The Balaban J connectivity index is 0.000000187. The molecule has 0 aromatic heterocycles. The summed E-state index contributed by atoms with van der Waals surface area (Å²) < 4.78 is -1.61. The number of hydrogen-bond acceptors (Lipinski definition) is 0. The maximum Gasteiger partial charge on any atom is 0.266 e. The first-order valence-electron chi connectivity index (χ1n) is 2.76. The highest BCUT2D eigenvalue weighted by Gasteiger charge is 2.11. The lowest BCUT2D eigenvalue weighted by Gasteiger charge is -1.91. The predicted molar refractivity (Wildman–Crippen MR) is 52.6 cm³/mol. The molecule has 0 fully saturated rings. The summed E-state index contributed by atoms with van der Waals surface area (Å²) in [6.07, 6.45) is 0.